The number of benzene rings is 2. The van der Waals surface area contributed by atoms with E-state index >= 15 is 0 Å². The smallest absolute Gasteiger partial charge is 0.248 e. The molecule has 6 nitrogen and oxygen atoms in total. The molecule has 0 atom stereocenters. The van der Waals surface area contributed by atoms with Crippen molar-refractivity contribution >= 4 is 40.2 Å². The average Bonchev–Trinajstić information content (AvgIpc) is 3.34. The first-order valence-electron chi connectivity index (χ1n) is 10.00. The molecule has 0 saturated carbocycles. The number of anilines is 2. The third kappa shape index (κ3) is 4.11. The van der Waals surface area contributed by atoms with Crippen LogP contribution in [0.15, 0.2) is 60.8 Å². The molecule has 2 aromatic carbocycles. The Bertz CT molecular complexity index is 1170. The molecular weight excluding hydrogens is 376 g/mol. The van der Waals surface area contributed by atoms with Gasteiger partial charge in [0.25, 0.3) is 0 Å². The summed E-state index contributed by atoms with van der Waals surface area (Å²) in [4.78, 5) is 26.2. The van der Waals surface area contributed by atoms with E-state index in [2.05, 4.69) is 11.4 Å². The molecule has 1 saturated heterocycles. The molecule has 0 bridgehead atoms. The number of para-hydroxylation sites is 1. The minimum Gasteiger partial charge on any atom is -0.346 e. The minimum atomic E-state index is -0.242. The third-order valence-corrected chi connectivity index (χ3v) is 5.20. The molecule has 0 unspecified atom stereocenters. The predicted octanol–water partition coefficient (Wildman–Crippen LogP) is 4.33. The van der Waals surface area contributed by atoms with E-state index < -0.39 is 0 Å². The van der Waals surface area contributed by atoms with Gasteiger partial charge in [-0.3, -0.25) is 9.59 Å². The van der Waals surface area contributed by atoms with Gasteiger partial charge in [0.15, 0.2) is 0 Å². The molecule has 1 N–H and O–H groups in total. The summed E-state index contributed by atoms with van der Waals surface area (Å²) in [5.74, 6) is -0.125. The number of nitrogens with one attached hydrogen (secondary N) is 1. The minimum absolute atomic E-state index is 0.117. The Morgan fingerprint density at radius 2 is 2.07 bits per heavy atom. The van der Waals surface area contributed by atoms with Crippen LogP contribution in [-0.2, 0) is 16.1 Å². The monoisotopic (exact) mass is 398 g/mol. The first-order valence-corrected chi connectivity index (χ1v) is 10.00. The van der Waals surface area contributed by atoms with Crippen molar-refractivity contribution in [3.63, 3.8) is 0 Å². The lowest BCUT2D eigenvalue weighted by Gasteiger charge is -2.16. The van der Waals surface area contributed by atoms with Gasteiger partial charge in [0.2, 0.25) is 11.8 Å². The van der Waals surface area contributed by atoms with Crippen molar-refractivity contribution in [1.29, 1.82) is 5.26 Å². The summed E-state index contributed by atoms with van der Waals surface area (Å²) >= 11 is 0. The van der Waals surface area contributed by atoms with Gasteiger partial charge in [0.1, 0.15) is 0 Å². The van der Waals surface area contributed by atoms with Gasteiger partial charge in [-0.15, -0.1) is 0 Å². The fourth-order valence-corrected chi connectivity index (χ4v) is 3.79. The Balaban J connectivity index is 1.50. The topological polar surface area (TPSA) is 78.1 Å². The third-order valence-electron chi connectivity index (χ3n) is 5.20. The van der Waals surface area contributed by atoms with Gasteiger partial charge in [0.05, 0.1) is 12.5 Å². The van der Waals surface area contributed by atoms with Crippen molar-refractivity contribution in [2.75, 3.05) is 16.8 Å². The van der Waals surface area contributed by atoms with Crippen LogP contribution in [0, 0.1) is 11.3 Å². The number of amides is 2. The molecule has 0 aliphatic carbocycles. The van der Waals surface area contributed by atoms with Gasteiger partial charge >= 0.3 is 0 Å². The number of hydrogen-bond acceptors (Lipinski definition) is 3. The van der Waals surface area contributed by atoms with Crippen LogP contribution in [0.5, 0.6) is 0 Å². The standard InChI is InChI=1S/C24H22N4O2/c25-13-5-14-27-17-18(21-8-1-2-9-22(21)27)11-12-23(29)26-19-6-3-7-20(16-19)28-15-4-10-24(28)30/h1-3,6-9,11-12,16-17H,4-5,10,14-15H2,(H,26,29)/b12-11+. The SMILES string of the molecule is N#CCCn1cc(/C=C/C(=O)Nc2cccc(N3CCCC3=O)c2)c2ccccc21. The number of carbonyl (C=O) groups excluding carboxylic acids is 2. The fourth-order valence-electron chi connectivity index (χ4n) is 3.79. The zero-order valence-corrected chi connectivity index (χ0v) is 16.5. The number of aromatic nitrogens is 1. The van der Waals surface area contributed by atoms with Crippen LogP contribution in [0.4, 0.5) is 11.4 Å². The molecule has 2 amide bonds. The number of fused-ring (bicyclic) bond motifs is 1. The van der Waals surface area contributed by atoms with E-state index in [1.54, 1.807) is 11.0 Å². The van der Waals surface area contributed by atoms with Gasteiger partial charge in [-0.2, -0.15) is 5.26 Å². The van der Waals surface area contributed by atoms with E-state index in [1.165, 1.54) is 6.08 Å². The highest BCUT2D eigenvalue weighted by molar-refractivity contribution is 6.04. The normalized spacial score (nSPS) is 13.8. The highest BCUT2D eigenvalue weighted by atomic mass is 16.2. The molecule has 1 aliphatic heterocycles. The van der Waals surface area contributed by atoms with Gasteiger partial charge in [-0.25, -0.2) is 0 Å². The van der Waals surface area contributed by atoms with Crippen molar-refractivity contribution in [2.24, 2.45) is 0 Å². The van der Waals surface area contributed by atoms with Crippen LogP contribution < -0.4 is 10.2 Å². The molecule has 0 spiro atoms. The molecule has 1 aliphatic rings. The molecule has 6 heteroatoms. The lowest BCUT2D eigenvalue weighted by atomic mass is 10.1. The maximum absolute atomic E-state index is 12.5. The zero-order chi connectivity index (χ0) is 20.9. The maximum Gasteiger partial charge on any atom is 0.248 e. The quantitative estimate of drug-likeness (QED) is 0.628. The summed E-state index contributed by atoms with van der Waals surface area (Å²) < 4.78 is 2.03. The van der Waals surface area contributed by atoms with E-state index in [9.17, 15) is 9.59 Å². The van der Waals surface area contributed by atoms with E-state index in [0.717, 1.165) is 28.6 Å². The number of carbonyl (C=O) groups is 2. The maximum atomic E-state index is 12.5. The van der Waals surface area contributed by atoms with Crippen LogP contribution in [0.1, 0.15) is 24.8 Å². The molecule has 150 valence electrons. The second-order valence-corrected chi connectivity index (χ2v) is 7.22. The highest BCUT2D eigenvalue weighted by Crippen LogP contribution is 2.25. The van der Waals surface area contributed by atoms with Crippen LogP contribution in [0.2, 0.25) is 0 Å². The Morgan fingerprint density at radius 3 is 2.87 bits per heavy atom. The van der Waals surface area contributed by atoms with Crippen LogP contribution in [0.3, 0.4) is 0 Å². The summed E-state index contributed by atoms with van der Waals surface area (Å²) in [6.07, 6.45) is 7.11. The van der Waals surface area contributed by atoms with Crippen molar-refractivity contribution < 1.29 is 9.59 Å². The largest absolute Gasteiger partial charge is 0.346 e. The summed E-state index contributed by atoms with van der Waals surface area (Å²) in [7, 11) is 0. The van der Waals surface area contributed by atoms with Gasteiger partial charge < -0.3 is 14.8 Å². The average molecular weight is 398 g/mol. The first kappa shape index (κ1) is 19.5. The summed E-state index contributed by atoms with van der Waals surface area (Å²) in [5.41, 5.74) is 3.42. The lowest BCUT2D eigenvalue weighted by molar-refractivity contribution is -0.117. The molecule has 0 radical (unpaired) electrons. The number of hydrogen-bond donors (Lipinski definition) is 1. The Kier molecular flexibility index (Phi) is 5.62. The van der Waals surface area contributed by atoms with Crippen LogP contribution in [0.25, 0.3) is 17.0 Å². The second kappa shape index (κ2) is 8.66. The Hall–Kier alpha value is -3.85. The number of nitriles is 1. The highest BCUT2D eigenvalue weighted by Gasteiger charge is 2.21. The zero-order valence-electron chi connectivity index (χ0n) is 16.5. The molecular formula is C24H22N4O2. The molecule has 1 fully saturated rings. The summed E-state index contributed by atoms with van der Waals surface area (Å²) in [5, 5.41) is 12.8. The molecule has 2 heterocycles. The summed E-state index contributed by atoms with van der Waals surface area (Å²) in [6.45, 7) is 1.32. The van der Waals surface area contributed by atoms with E-state index in [1.807, 2.05) is 59.3 Å². The molecule has 1 aromatic heterocycles. The summed E-state index contributed by atoms with van der Waals surface area (Å²) in [6, 6.07) is 17.5. The number of rotatable bonds is 6. The molecule has 3 aromatic rings. The predicted molar refractivity (Wildman–Crippen MR) is 118 cm³/mol. The Labute approximate surface area is 175 Å². The van der Waals surface area contributed by atoms with Crippen molar-refractivity contribution in [3.05, 3.63) is 66.4 Å². The van der Waals surface area contributed by atoms with Crippen molar-refractivity contribution in [2.45, 2.75) is 25.8 Å². The fraction of sp³-hybridized carbons (Fsp3) is 0.208. The first-order chi connectivity index (χ1) is 14.7. The van der Waals surface area contributed by atoms with E-state index in [0.29, 0.717) is 31.6 Å². The Morgan fingerprint density at radius 1 is 1.20 bits per heavy atom. The van der Waals surface area contributed by atoms with E-state index in [-0.39, 0.29) is 11.8 Å². The van der Waals surface area contributed by atoms with Gasteiger partial charge in [-0.1, -0.05) is 24.3 Å². The van der Waals surface area contributed by atoms with Gasteiger partial charge in [0, 0.05) is 59.6 Å². The van der Waals surface area contributed by atoms with Crippen molar-refractivity contribution in [3.8, 4) is 6.07 Å². The van der Waals surface area contributed by atoms with E-state index in [4.69, 9.17) is 5.26 Å². The number of nitrogens with zero attached hydrogens (tertiary/aromatic N) is 3. The van der Waals surface area contributed by atoms with Gasteiger partial charge in [-0.05, 0) is 36.8 Å². The van der Waals surface area contributed by atoms with Crippen LogP contribution >= 0.6 is 0 Å². The second-order valence-electron chi connectivity index (χ2n) is 7.22. The lowest BCUT2D eigenvalue weighted by Crippen LogP contribution is -2.23. The van der Waals surface area contributed by atoms with Crippen molar-refractivity contribution in [1.82, 2.24) is 4.57 Å². The molecule has 4 rings (SSSR count). The number of aryl methyl sites for hydroxylation is 1. The van der Waals surface area contributed by atoms with Crippen LogP contribution in [-0.4, -0.2) is 22.9 Å². The molecule has 30 heavy (non-hydrogen) atoms.